The molecule has 3 atom stereocenters. The molecule has 1 saturated heterocycles. The fourth-order valence-corrected chi connectivity index (χ4v) is 2.22. The molecule has 1 heterocycles. The van der Waals surface area contributed by atoms with Crippen LogP contribution in [0.5, 0.6) is 0 Å². The van der Waals surface area contributed by atoms with E-state index in [-0.39, 0.29) is 23.8 Å². The van der Waals surface area contributed by atoms with E-state index >= 15 is 0 Å². The van der Waals surface area contributed by atoms with Crippen molar-refractivity contribution in [3.8, 4) is 0 Å². The molecule has 0 amide bonds. The highest BCUT2D eigenvalue weighted by atomic mass is 16.6. The number of Topliss-reactive ketones (excluding diaryl/α,β-unsaturated/α-hetero) is 1. The summed E-state index contributed by atoms with van der Waals surface area (Å²) in [4.78, 5) is 22.4. The number of ether oxygens (including phenoxy) is 2. The van der Waals surface area contributed by atoms with Gasteiger partial charge < -0.3 is 9.47 Å². The van der Waals surface area contributed by atoms with Gasteiger partial charge in [-0.1, -0.05) is 0 Å². The summed E-state index contributed by atoms with van der Waals surface area (Å²) in [5.41, 5.74) is 0. The average Bonchev–Trinajstić information content (AvgIpc) is 2.61. The zero-order valence-corrected chi connectivity index (χ0v) is 8.19. The first-order valence-corrected chi connectivity index (χ1v) is 5.04. The highest BCUT2D eigenvalue weighted by molar-refractivity contribution is 5.82. The van der Waals surface area contributed by atoms with Crippen molar-refractivity contribution >= 4 is 11.8 Å². The molecule has 0 radical (unpaired) electrons. The molecule has 0 aromatic heterocycles. The van der Waals surface area contributed by atoms with Gasteiger partial charge in [0.15, 0.2) is 6.10 Å². The predicted octanol–water partition coefficient (Wildman–Crippen LogP) is 0.686. The monoisotopic (exact) mass is 198 g/mol. The van der Waals surface area contributed by atoms with E-state index < -0.39 is 6.10 Å². The third-order valence-corrected chi connectivity index (χ3v) is 2.85. The van der Waals surface area contributed by atoms with Crippen LogP contribution in [0.1, 0.15) is 26.2 Å². The molecule has 0 aromatic rings. The largest absolute Gasteiger partial charge is 0.464 e. The van der Waals surface area contributed by atoms with Crippen molar-refractivity contribution in [2.45, 2.75) is 38.4 Å². The van der Waals surface area contributed by atoms with Gasteiger partial charge in [-0.3, -0.25) is 4.79 Å². The van der Waals surface area contributed by atoms with Crippen LogP contribution in [-0.2, 0) is 19.1 Å². The lowest BCUT2D eigenvalue weighted by atomic mass is 10.0. The van der Waals surface area contributed by atoms with Gasteiger partial charge in [-0.25, -0.2) is 4.79 Å². The van der Waals surface area contributed by atoms with Crippen molar-refractivity contribution < 1.29 is 19.1 Å². The second-order valence-corrected chi connectivity index (χ2v) is 3.86. The van der Waals surface area contributed by atoms with E-state index in [1.807, 2.05) is 0 Å². The summed E-state index contributed by atoms with van der Waals surface area (Å²) in [5.74, 6) is 0.216. The SMILES string of the molecule is CCOC(=O)C1C[C@H]2CC(=O)C[C@H]2O1. The van der Waals surface area contributed by atoms with E-state index in [2.05, 4.69) is 0 Å². The van der Waals surface area contributed by atoms with Gasteiger partial charge in [0, 0.05) is 12.8 Å². The normalized spacial score (nSPS) is 35.8. The highest BCUT2D eigenvalue weighted by Gasteiger charge is 2.45. The zero-order chi connectivity index (χ0) is 10.1. The molecule has 1 saturated carbocycles. The lowest BCUT2D eigenvalue weighted by Crippen LogP contribution is -2.24. The number of ketones is 1. The minimum atomic E-state index is -0.432. The first-order valence-electron chi connectivity index (χ1n) is 5.04. The molecular weight excluding hydrogens is 184 g/mol. The van der Waals surface area contributed by atoms with E-state index in [1.54, 1.807) is 6.92 Å². The second-order valence-electron chi connectivity index (χ2n) is 3.86. The van der Waals surface area contributed by atoms with Gasteiger partial charge in [-0.05, 0) is 19.3 Å². The van der Waals surface area contributed by atoms with Crippen LogP contribution in [0.15, 0.2) is 0 Å². The average molecular weight is 198 g/mol. The number of hydrogen-bond acceptors (Lipinski definition) is 4. The van der Waals surface area contributed by atoms with Gasteiger partial charge in [-0.15, -0.1) is 0 Å². The summed E-state index contributed by atoms with van der Waals surface area (Å²) < 4.78 is 10.3. The summed E-state index contributed by atoms with van der Waals surface area (Å²) >= 11 is 0. The Morgan fingerprint density at radius 3 is 3.00 bits per heavy atom. The molecular formula is C10H14O4. The molecule has 0 aromatic carbocycles. The highest BCUT2D eigenvalue weighted by Crippen LogP contribution is 2.37. The zero-order valence-electron chi connectivity index (χ0n) is 8.19. The summed E-state index contributed by atoms with van der Waals surface area (Å²) in [6.45, 7) is 2.16. The van der Waals surface area contributed by atoms with E-state index in [9.17, 15) is 9.59 Å². The maximum absolute atomic E-state index is 11.3. The molecule has 2 rings (SSSR count). The Kier molecular flexibility index (Phi) is 2.54. The Hall–Kier alpha value is -0.900. The Morgan fingerprint density at radius 2 is 2.36 bits per heavy atom. The quantitative estimate of drug-likeness (QED) is 0.612. The Labute approximate surface area is 82.6 Å². The Bertz CT molecular complexity index is 245. The molecule has 4 heteroatoms. The van der Waals surface area contributed by atoms with Crippen LogP contribution in [0.25, 0.3) is 0 Å². The maximum atomic E-state index is 11.3. The van der Waals surface area contributed by atoms with Crippen molar-refractivity contribution in [2.75, 3.05) is 6.61 Å². The molecule has 0 N–H and O–H groups in total. The Balaban J connectivity index is 1.91. The number of hydrogen-bond donors (Lipinski definition) is 0. The first-order chi connectivity index (χ1) is 6.70. The van der Waals surface area contributed by atoms with Crippen LogP contribution in [0, 0.1) is 5.92 Å². The molecule has 0 spiro atoms. The predicted molar refractivity (Wildman–Crippen MR) is 47.6 cm³/mol. The van der Waals surface area contributed by atoms with Gasteiger partial charge in [0.1, 0.15) is 5.78 Å². The van der Waals surface area contributed by atoms with Crippen LogP contribution < -0.4 is 0 Å². The minimum Gasteiger partial charge on any atom is -0.464 e. The molecule has 1 unspecified atom stereocenters. The van der Waals surface area contributed by atoms with E-state index in [1.165, 1.54) is 0 Å². The van der Waals surface area contributed by atoms with Gasteiger partial charge >= 0.3 is 5.97 Å². The van der Waals surface area contributed by atoms with E-state index in [0.717, 1.165) is 0 Å². The van der Waals surface area contributed by atoms with Crippen LogP contribution in [-0.4, -0.2) is 30.6 Å². The van der Waals surface area contributed by atoms with Crippen molar-refractivity contribution in [2.24, 2.45) is 5.92 Å². The molecule has 1 aliphatic carbocycles. The summed E-state index contributed by atoms with van der Waals surface area (Å²) in [6.07, 6.45) is 1.23. The topological polar surface area (TPSA) is 52.6 Å². The number of rotatable bonds is 2. The van der Waals surface area contributed by atoms with Gasteiger partial charge in [0.2, 0.25) is 0 Å². The summed E-state index contributed by atoms with van der Waals surface area (Å²) in [5, 5.41) is 0. The van der Waals surface area contributed by atoms with Crippen molar-refractivity contribution in [1.82, 2.24) is 0 Å². The lowest BCUT2D eigenvalue weighted by molar-refractivity contribution is -0.156. The maximum Gasteiger partial charge on any atom is 0.335 e. The molecule has 4 nitrogen and oxygen atoms in total. The van der Waals surface area contributed by atoms with Gasteiger partial charge in [0.05, 0.1) is 12.7 Å². The smallest absolute Gasteiger partial charge is 0.335 e. The van der Waals surface area contributed by atoms with E-state index in [0.29, 0.717) is 25.9 Å². The minimum absolute atomic E-state index is 0.0306. The van der Waals surface area contributed by atoms with Crippen LogP contribution in [0.3, 0.4) is 0 Å². The molecule has 78 valence electrons. The van der Waals surface area contributed by atoms with Crippen molar-refractivity contribution in [3.05, 3.63) is 0 Å². The fraction of sp³-hybridized carbons (Fsp3) is 0.800. The molecule has 14 heavy (non-hydrogen) atoms. The van der Waals surface area contributed by atoms with Crippen molar-refractivity contribution in [1.29, 1.82) is 0 Å². The lowest BCUT2D eigenvalue weighted by Gasteiger charge is -2.10. The number of esters is 1. The standard InChI is InChI=1S/C10H14O4/c1-2-13-10(12)9-4-6-3-7(11)5-8(6)14-9/h6,8-9H,2-5H2,1H3/t6-,8-,9?/m1/s1. The molecule has 2 fully saturated rings. The number of carbonyl (C=O) groups excluding carboxylic acids is 2. The summed E-state index contributed by atoms with van der Waals surface area (Å²) in [6, 6.07) is 0. The number of carbonyl (C=O) groups is 2. The summed E-state index contributed by atoms with van der Waals surface area (Å²) in [7, 11) is 0. The second kappa shape index (κ2) is 3.69. The molecule has 0 bridgehead atoms. The molecule has 2 aliphatic rings. The fourth-order valence-electron chi connectivity index (χ4n) is 2.22. The van der Waals surface area contributed by atoms with Gasteiger partial charge in [0.25, 0.3) is 0 Å². The van der Waals surface area contributed by atoms with Crippen LogP contribution >= 0.6 is 0 Å². The van der Waals surface area contributed by atoms with Gasteiger partial charge in [-0.2, -0.15) is 0 Å². The first kappa shape index (κ1) is 9.65. The number of fused-ring (bicyclic) bond motifs is 1. The molecule has 1 aliphatic heterocycles. The van der Waals surface area contributed by atoms with Crippen LogP contribution in [0.4, 0.5) is 0 Å². The Morgan fingerprint density at radius 1 is 1.57 bits per heavy atom. The van der Waals surface area contributed by atoms with Crippen molar-refractivity contribution in [3.63, 3.8) is 0 Å². The third-order valence-electron chi connectivity index (χ3n) is 2.85. The third kappa shape index (κ3) is 1.66. The van der Waals surface area contributed by atoms with Crippen LogP contribution in [0.2, 0.25) is 0 Å². The van der Waals surface area contributed by atoms with E-state index in [4.69, 9.17) is 9.47 Å².